The summed E-state index contributed by atoms with van der Waals surface area (Å²) in [6.07, 6.45) is 3.62. The van der Waals surface area contributed by atoms with Crippen LogP contribution in [0.4, 0.5) is 16.2 Å². The van der Waals surface area contributed by atoms with Gasteiger partial charge in [-0.15, -0.1) is 0 Å². The summed E-state index contributed by atoms with van der Waals surface area (Å²) < 4.78 is 6.71. The number of methoxy groups -OCH3 is 1. The number of carbonyl (C=O) groups excluding carboxylic acids is 2. The molecule has 0 atom stereocenters. The van der Waals surface area contributed by atoms with Crippen molar-refractivity contribution in [1.82, 2.24) is 14.9 Å². The minimum absolute atomic E-state index is 0.0230. The molecule has 0 fully saturated rings. The van der Waals surface area contributed by atoms with Crippen LogP contribution in [-0.2, 0) is 16.6 Å². The van der Waals surface area contributed by atoms with Crippen LogP contribution in [0.2, 0.25) is 0 Å². The molecule has 2 aromatic rings. The van der Waals surface area contributed by atoms with Gasteiger partial charge in [-0.2, -0.15) is 0 Å². The lowest BCUT2D eigenvalue weighted by Gasteiger charge is -2.12. The van der Waals surface area contributed by atoms with Gasteiger partial charge < -0.3 is 25.3 Å². The van der Waals surface area contributed by atoms with Crippen LogP contribution in [0.15, 0.2) is 35.7 Å². The van der Waals surface area contributed by atoms with E-state index in [4.69, 9.17) is 4.74 Å². The molecule has 0 aliphatic carbocycles. The summed E-state index contributed by atoms with van der Waals surface area (Å²) in [5.74, 6) is 0.461. The Bertz CT molecular complexity index is 763. The van der Waals surface area contributed by atoms with E-state index in [-0.39, 0.29) is 18.5 Å². The first-order valence-electron chi connectivity index (χ1n) is 8.04. The minimum atomic E-state index is -0.297. The van der Waals surface area contributed by atoms with Crippen molar-refractivity contribution in [3.05, 3.63) is 36.2 Å². The van der Waals surface area contributed by atoms with E-state index < -0.39 is 0 Å². The van der Waals surface area contributed by atoms with Crippen LogP contribution in [-0.4, -0.2) is 47.5 Å². The highest BCUT2D eigenvalue weighted by atomic mass is 32.2. The zero-order chi connectivity index (χ0) is 18.9. The number of nitrogens with one attached hydrogen (secondary N) is 3. The molecule has 1 heterocycles. The fourth-order valence-electron chi connectivity index (χ4n) is 2.13. The fraction of sp³-hybridized carbons (Fsp3) is 0.353. The largest absolute Gasteiger partial charge is 0.375 e. The molecule has 0 aliphatic rings. The zero-order valence-corrected chi connectivity index (χ0v) is 15.9. The molecule has 1 aromatic heterocycles. The van der Waals surface area contributed by atoms with E-state index in [9.17, 15) is 9.59 Å². The van der Waals surface area contributed by atoms with E-state index in [0.29, 0.717) is 23.7 Å². The number of imidazole rings is 1. The smallest absolute Gasteiger partial charge is 0.319 e. The van der Waals surface area contributed by atoms with Crippen molar-refractivity contribution in [3.63, 3.8) is 0 Å². The quantitative estimate of drug-likeness (QED) is 0.484. The molecule has 0 saturated carbocycles. The molecule has 8 nitrogen and oxygen atoms in total. The molecule has 0 saturated heterocycles. The molecule has 0 radical (unpaired) electrons. The van der Waals surface area contributed by atoms with Crippen molar-refractivity contribution >= 4 is 35.1 Å². The van der Waals surface area contributed by atoms with Gasteiger partial charge in [0, 0.05) is 50.2 Å². The predicted molar refractivity (Wildman–Crippen MR) is 103 cm³/mol. The number of nitrogens with zero attached hydrogens (tertiary/aromatic N) is 2. The van der Waals surface area contributed by atoms with Gasteiger partial charge in [0.1, 0.15) is 6.61 Å². The van der Waals surface area contributed by atoms with Crippen molar-refractivity contribution < 1.29 is 14.3 Å². The SMILES string of the molecule is COCC(=O)Nc1ccc(C)c(NC(=O)NCCSc2nccn2C)c1. The van der Waals surface area contributed by atoms with Crippen molar-refractivity contribution in [2.24, 2.45) is 7.05 Å². The third kappa shape index (κ3) is 6.08. The third-order valence-electron chi connectivity index (χ3n) is 3.44. The van der Waals surface area contributed by atoms with Gasteiger partial charge >= 0.3 is 6.03 Å². The number of anilines is 2. The van der Waals surface area contributed by atoms with Crippen LogP contribution in [0.3, 0.4) is 0 Å². The number of ether oxygens (including phenoxy) is 1. The van der Waals surface area contributed by atoms with Crippen LogP contribution in [0.1, 0.15) is 5.56 Å². The molecule has 0 unspecified atom stereocenters. The Morgan fingerprint density at radius 3 is 2.81 bits per heavy atom. The van der Waals surface area contributed by atoms with Gasteiger partial charge in [-0.1, -0.05) is 17.8 Å². The third-order valence-corrected chi connectivity index (χ3v) is 4.50. The Kier molecular flexibility index (Phi) is 7.49. The molecule has 26 heavy (non-hydrogen) atoms. The van der Waals surface area contributed by atoms with Crippen molar-refractivity contribution in [2.45, 2.75) is 12.1 Å². The van der Waals surface area contributed by atoms with E-state index in [0.717, 1.165) is 10.7 Å². The average molecular weight is 377 g/mol. The van der Waals surface area contributed by atoms with Crippen molar-refractivity contribution in [3.8, 4) is 0 Å². The predicted octanol–water partition coefficient (Wildman–Crippen LogP) is 2.23. The molecule has 2 rings (SSSR count). The normalized spacial score (nSPS) is 10.4. The van der Waals surface area contributed by atoms with Crippen molar-refractivity contribution in [2.75, 3.05) is 36.6 Å². The number of hydrogen-bond donors (Lipinski definition) is 3. The molecule has 0 aliphatic heterocycles. The molecule has 1 aromatic carbocycles. The summed E-state index contributed by atoms with van der Waals surface area (Å²) in [5.41, 5.74) is 2.13. The summed E-state index contributed by atoms with van der Waals surface area (Å²) in [6.45, 7) is 2.37. The number of aryl methyl sites for hydroxylation is 2. The lowest BCUT2D eigenvalue weighted by molar-refractivity contribution is -0.119. The molecule has 0 bridgehead atoms. The summed E-state index contributed by atoms with van der Waals surface area (Å²) in [6, 6.07) is 5.02. The maximum absolute atomic E-state index is 12.1. The van der Waals surface area contributed by atoms with E-state index in [1.54, 1.807) is 30.1 Å². The number of carbonyl (C=O) groups is 2. The maximum Gasteiger partial charge on any atom is 0.319 e. The first kappa shape index (κ1) is 19.8. The van der Waals surface area contributed by atoms with Gasteiger partial charge in [0.2, 0.25) is 5.91 Å². The molecule has 9 heteroatoms. The molecule has 3 amide bonds. The molecule has 3 N–H and O–H groups in total. The second-order valence-corrected chi connectivity index (χ2v) is 6.62. The van der Waals surface area contributed by atoms with Gasteiger partial charge in [0.15, 0.2) is 5.16 Å². The second-order valence-electron chi connectivity index (χ2n) is 5.56. The lowest BCUT2D eigenvalue weighted by atomic mass is 10.2. The highest BCUT2D eigenvalue weighted by Gasteiger charge is 2.08. The van der Waals surface area contributed by atoms with Gasteiger partial charge in [0.05, 0.1) is 0 Å². The summed E-state index contributed by atoms with van der Waals surface area (Å²) in [5, 5.41) is 9.22. The first-order chi connectivity index (χ1) is 12.5. The Hall–Kier alpha value is -2.52. The first-order valence-corrected chi connectivity index (χ1v) is 9.02. The summed E-state index contributed by atoms with van der Waals surface area (Å²) in [4.78, 5) is 27.9. The molecule has 0 spiro atoms. The molecular weight excluding hydrogens is 354 g/mol. The number of benzene rings is 1. The van der Waals surface area contributed by atoms with Crippen LogP contribution in [0, 0.1) is 6.92 Å². The monoisotopic (exact) mass is 377 g/mol. The highest BCUT2D eigenvalue weighted by molar-refractivity contribution is 7.99. The molecular formula is C17H23N5O3S. The number of aromatic nitrogens is 2. The number of hydrogen-bond acceptors (Lipinski definition) is 5. The Morgan fingerprint density at radius 1 is 1.31 bits per heavy atom. The van der Waals surface area contributed by atoms with Gasteiger partial charge in [-0.05, 0) is 24.6 Å². The molecule has 140 valence electrons. The zero-order valence-electron chi connectivity index (χ0n) is 15.0. The summed E-state index contributed by atoms with van der Waals surface area (Å²) in [7, 11) is 3.38. The topological polar surface area (TPSA) is 97.3 Å². The van der Waals surface area contributed by atoms with Crippen LogP contribution in [0.25, 0.3) is 0 Å². The van der Waals surface area contributed by atoms with Gasteiger partial charge in [-0.3, -0.25) is 4.79 Å². The highest BCUT2D eigenvalue weighted by Crippen LogP contribution is 2.20. The van der Waals surface area contributed by atoms with Crippen LogP contribution >= 0.6 is 11.8 Å². The van der Waals surface area contributed by atoms with E-state index in [1.165, 1.54) is 7.11 Å². The fourth-order valence-corrected chi connectivity index (χ4v) is 2.91. The Labute approximate surface area is 156 Å². The standard InChI is InChI=1S/C17H23N5O3S/c1-12-4-5-13(20-15(23)11-25-3)10-14(12)21-16(24)18-7-9-26-17-19-6-8-22(17)2/h4-6,8,10H,7,9,11H2,1-3H3,(H,20,23)(H2,18,21,24). The van der Waals surface area contributed by atoms with Gasteiger partial charge in [-0.25, -0.2) is 9.78 Å². The lowest BCUT2D eigenvalue weighted by Crippen LogP contribution is -2.30. The number of urea groups is 1. The number of amides is 3. The van der Waals surface area contributed by atoms with E-state index in [1.807, 2.05) is 30.8 Å². The Morgan fingerprint density at radius 2 is 2.12 bits per heavy atom. The van der Waals surface area contributed by atoms with Crippen LogP contribution < -0.4 is 16.0 Å². The maximum atomic E-state index is 12.1. The number of thioether (sulfide) groups is 1. The average Bonchev–Trinajstić information content (AvgIpc) is 3.00. The van der Waals surface area contributed by atoms with Crippen molar-refractivity contribution in [1.29, 1.82) is 0 Å². The van der Waals surface area contributed by atoms with E-state index in [2.05, 4.69) is 20.9 Å². The second kappa shape index (κ2) is 9.83. The van der Waals surface area contributed by atoms with E-state index >= 15 is 0 Å². The van der Waals surface area contributed by atoms with Gasteiger partial charge in [0.25, 0.3) is 0 Å². The Balaban J connectivity index is 1.81. The number of rotatable bonds is 8. The minimum Gasteiger partial charge on any atom is -0.375 e. The van der Waals surface area contributed by atoms with Crippen LogP contribution in [0.5, 0.6) is 0 Å². The summed E-state index contributed by atoms with van der Waals surface area (Å²) >= 11 is 1.57.